The van der Waals surface area contributed by atoms with Gasteiger partial charge in [0.2, 0.25) is 18.0 Å². The first-order chi connectivity index (χ1) is 15.2. The minimum atomic E-state index is 0. The molecule has 0 aliphatic carbocycles. The van der Waals surface area contributed by atoms with Crippen molar-refractivity contribution in [1.82, 2.24) is 0 Å². The Bertz CT molecular complexity index is 1520. The largest absolute Gasteiger partial charge is 1.00 e. The number of halogens is 1. The molecule has 0 bridgehead atoms. The Kier molecular flexibility index (Phi) is 4.72. The fraction of sp³-hybridized carbons (Fsp3) is 0.115. The van der Waals surface area contributed by atoms with Gasteiger partial charge in [-0.2, -0.15) is 4.57 Å². The van der Waals surface area contributed by atoms with E-state index in [1.807, 2.05) is 49.5 Å². The van der Waals surface area contributed by atoms with Crippen molar-refractivity contribution in [3.63, 3.8) is 0 Å². The maximum Gasteiger partial charge on any atom is 0.231 e. The van der Waals surface area contributed by atoms with E-state index in [0.29, 0.717) is 5.75 Å². The molecule has 1 aliphatic rings. The number of aromatic nitrogens is 1. The zero-order valence-corrected chi connectivity index (χ0v) is 18.3. The highest BCUT2D eigenvalue weighted by Crippen LogP contribution is 2.44. The highest BCUT2D eigenvalue weighted by molar-refractivity contribution is 6.18. The molecule has 0 radical (unpaired) electrons. The second kappa shape index (κ2) is 7.46. The summed E-state index contributed by atoms with van der Waals surface area (Å²) in [4.78, 5) is 0. The molecule has 0 spiro atoms. The number of phenols is 1. The van der Waals surface area contributed by atoms with Gasteiger partial charge in [-0.15, -0.1) is 0 Å². The Hall–Kier alpha value is -3.70. The van der Waals surface area contributed by atoms with E-state index in [4.69, 9.17) is 14.2 Å². The van der Waals surface area contributed by atoms with Crippen LogP contribution in [0, 0.1) is 0 Å². The summed E-state index contributed by atoms with van der Waals surface area (Å²) in [6.45, 7) is 0.238. The summed E-state index contributed by atoms with van der Waals surface area (Å²) >= 11 is 0. The van der Waals surface area contributed by atoms with Crippen molar-refractivity contribution in [2.24, 2.45) is 7.05 Å². The summed E-state index contributed by atoms with van der Waals surface area (Å²) in [6.07, 6.45) is 0. The molecule has 0 saturated heterocycles. The third-order valence-electron chi connectivity index (χ3n) is 6.09. The lowest BCUT2D eigenvalue weighted by atomic mass is 9.95. The van der Waals surface area contributed by atoms with Gasteiger partial charge in [0.15, 0.2) is 23.0 Å². The Morgan fingerprint density at radius 2 is 1.59 bits per heavy atom. The van der Waals surface area contributed by atoms with Crippen molar-refractivity contribution in [2.75, 3.05) is 13.9 Å². The van der Waals surface area contributed by atoms with Gasteiger partial charge in [0, 0.05) is 10.9 Å². The van der Waals surface area contributed by atoms with Crippen LogP contribution in [0.4, 0.5) is 0 Å². The number of hydrogen-bond donors (Lipinski definition) is 1. The maximum atomic E-state index is 11.1. The standard InChI is InChI=1S/C26H19NO4.ClH/c1-27-24(15-6-4-3-5-7-15)23-17(10-11-20(29-2)26(23)28)18-9-8-16-12-21-22(31-14-30-21)13-19(16)25(18)27;/h3-13H,14H2,1-2H3;1H. The van der Waals surface area contributed by atoms with Crippen molar-refractivity contribution in [2.45, 2.75) is 0 Å². The van der Waals surface area contributed by atoms with E-state index < -0.39 is 0 Å². The quantitative estimate of drug-likeness (QED) is 0.334. The number of aromatic hydroxyl groups is 1. The van der Waals surface area contributed by atoms with E-state index in [0.717, 1.165) is 55.2 Å². The number of ether oxygens (including phenoxy) is 3. The van der Waals surface area contributed by atoms with Gasteiger partial charge in [0.1, 0.15) is 12.4 Å². The van der Waals surface area contributed by atoms with Crippen LogP contribution in [0.25, 0.3) is 43.7 Å². The van der Waals surface area contributed by atoms with Crippen molar-refractivity contribution in [3.05, 3.63) is 66.7 Å². The molecule has 5 nitrogen and oxygen atoms in total. The van der Waals surface area contributed by atoms with Crippen LogP contribution < -0.4 is 31.2 Å². The second-order valence-corrected chi connectivity index (χ2v) is 7.70. The van der Waals surface area contributed by atoms with E-state index in [9.17, 15) is 5.11 Å². The van der Waals surface area contributed by atoms with Crippen LogP contribution in [0.15, 0.2) is 66.7 Å². The summed E-state index contributed by atoms with van der Waals surface area (Å²) in [7, 11) is 3.60. The number of fused-ring (bicyclic) bond motifs is 6. The topological polar surface area (TPSA) is 51.8 Å². The van der Waals surface area contributed by atoms with Crippen LogP contribution >= 0.6 is 0 Å². The van der Waals surface area contributed by atoms with E-state index >= 15 is 0 Å². The Balaban J connectivity index is 0.00000216. The molecule has 0 fully saturated rings. The first-order valence-corrected chi connectivity index (χ1v) is 10.1. The van der Waals surface area contributed by atoms with Crippen LogP contribution in [0.5, 0.6) is 23.0 Å². The monoisotopic (exact) mass is 445 g/mol. The number of methoxy groups -OCH3 is 1. The SMILES string of the molecule is COc1ccc2c(c1O)c(-c1ccccc1)[n+](C)c1c3cc4c(cc3ccc21)OCO4.[Cl-]. The highest BCUT2D eigenvalue weighted by atomic mass is 35.5. The summed E-state index contributed by atoms with van der Waals surface area (Å²) in [6, 6.07) is 22.2. The average molecular weight is 446 g/mol. The van der Waals surface area contributed by atoms with E-state index in [1.165, 1.54) is 0 Å². The van der Waals surface area contributed by atoms with Crippen LogP contribution in [0.2, 0.25) is 0 Å². The van der Waals surface area contributed by atoms with Gasteiger partial charge in [-0.05, 0) is 47.9 Å². The molecule has 6 heteroatoms. The number of aryl methyl sites for hydroxylation is 1. The lowest BCUT2D eigenvalue weighted by molar-refractivity contribution is -0.631. The normalized spacial score (nSPS) is 12.3. The predicted octanol–water partition coefficient (Wildman–Crippen LogP) is 2.08. The Labute approximate surface area is 190 Å². The average Bonchev–Trinajstić information content (AvgIpc) is 3.26. The Morgan fingerprint density at radius 3 is 2.34 bits per heavy atom. The smallest absolute Gasteiger partial charge is 0.231 e. The van der Waals surface area contributed by atoms with Gasteiger partial charge < -0.3 is 31.7 Å². The lowest BCUT2D eigenvalue weighted by Gasteiger charge is -2.14. The summed E-state index contributed by atoms with van der Waals surface area (Å²) < 4.78 is 18.8. The number of nitrogens with zero attached hydrogens (tertiary/aromatic N) is 1. The fourth-order valence-electron chi connectivity index (χ4n) is 4.69. The molecule has 32 heavy (non-hydrogen) atoms. The second-order valence-electron chi connectivity index (χ2n) is 7.70. The molecule has 1 aliphatic heterocycles. The molecule has 0 unspecified atom stereocenters. The minimum Gasteiger partial charge on any atom is -1.00 e. The third-order valence-corrected chi connectivity index (χ3v) is 6.09. The molecule has 6 rings (SSSR count). The first-order valence-electron chi connectivity index (χ1n) is 10.1. The van der Waals surface area contributed by atoms with Crippen LogP contribution in [0.1, 0.15) is 0 Å². The zero-order valence-electron chi connectivity index (χ0n) is 17.6. The molecular weight excluding hydrogens is 426 g/mol. The maximum absolute atomic E-state index is 11.1. The van der Waals surface area contributed by atoms with E-state index in [-0.39, 0.29) is 24.9 Å². The van der Waals surface area contributed by atoms with E-state index in [1.54, 1.807) is 7.11 Å². The van der Waals surface area contributed by atoms with Crippen molar-refractivity contribution >= 4 is 32.4 Å². The minimum absolute atomic E-state index is 0. The van der Waals surface area contributed by atoms with Gasteiger partial charge in [0.05, 0.1) is 17.9 Å². The van der Waals surface area contributed by atoms with Gasteiger partial charge in [-0.1, -0.05) is 24.3 Å². The molecule has 160 valence electrons. The first kappa shape index (κ1) is 20.2. The number of rotatable bonds is 2. The van der Waals surface area contributed by atoms with Crippen LogP contribution in [0.3, 0.4) is 0 Å². The molecular formula is C26H20ClNO4. The van der Waals surface area contributed by atoms with Crippen molar-refractivity contribution in [1.29, 1.82) is 0 Å². The van der Waals surface area contributed by atoms with Gasteiger partial charge in [-0.3, -0.25) is 0 Å². The highest BCUT2D eigenvalue weighted by Gasteiger charge is 2.27. The van der Waals surface area contributed by atoms with Crippen molar-refractivity contribution < 1.29 is 36.3 Å². The van der Waals surface area contributed by atoms with Crippen LogP contribution in [-0.4, -0.2) is 19.0 Å². The van der Waals surface area contributed by atoms with E-state index in [2.05, 4.69) is 28.8 Å². The molecule has 5 aromatic rings. The van der Waals surface area contributed by atoms with Gasteiger partial charge in [0.25, 0.3) is 0 Å². The molecule has 4 aromatic carbocycles. The van der Waals surface area contributed by atoms with Gasteiger partial charge in [-0.25, -0.2) is 0 Å². The number of pyridine rings is 1. The molecule has 1 N–H and O–H groups in total. The summed E-state index contributed by atoms with van der Waals surface area (Å²) in [5, 5.41) is 16.1. The molecule has 0 saturated carbocycles. The van der Waals surface area contributed by atoms with Crippen LogP contribution in [-0.2, 0) is 7.05 Å². The Morgan fingerprint density at radius 1 is 0.875 bits per heavy atom. The van der Waals surface area contributed by atoms with Gasteiger partial charge >= 0.3 is 0 Å². The molecule has 0 atom stereocenters. The zero-order chi connectivity index (χ0) is 21.1. The number of benzene rings is 4. The number of phenolic OH excluding ortho intramolecular Hbond substituents is 1. The fourth-order valence-corrected chi connectivity index (χ4v) is 4.69. The summed E-state index contributed by atoms with van der Waals surface area (Å²) in [5.41, 5.74) is 2.99. The molecule has 0 amide bonds. The van der Waals surface area contributed by atoms with Crippen molar-refractivity contribution in [3.8, 4) is 34.3 Å². The predicted molar refractivity (Wildman–Crippen MR) is 120 cm³/mol. The number of hydrogen-bond acceptors (Lipinski definition) is 4. The molecule has 2 heterocycles. The molecule has 1 aromatic heterocycles. The summed E-state index contributed by atoms with van der Waals surface area (Å²) in [5.74, 6) is 2.11. The third kappa shape index (κ3) is 2.75. The lowest BCUT2D eigenvalue weighted by Crippen LogP contribution is -3.00.